The van der Waals surface area contributed by atoms with Crippen LogP contribution in [0.1, 0.15) is 31.2 Å². The van der Waals surface area contributed by atoms with E-state index in [1.807, 2.05) is 7.05 Å². The van der Waals surface area contributed by atoms with Crippen molar-refractivity contribution in [2.45, 2.75) is 44.2 Å². The number of halogens is 1. The van der Waals surface area contributed by atoms with Gasteiger partial charge in [0.15, 0.2) is 0 Å². The number of carbonyl (C=O) groups is 1. The third-order valence-corrected chi connectivity index (χ3v) is 5.38. The maximum Gasteiger partial charge on any atom is 0.234 e. The van der Waals surface area contributed by atoms with Crippen molar-refractivity contribution in [2.75, 3.05) is 26.7 Å². The lowest BCUT2D eigenvalue weighted by Gasteiger charge is -2.39. The Kier molecular flexibility index (Phi) is 5.85. The summed E-state index contributed by atoms with van der Waals surface area (Å²) < 4.78 is 13.0. The fourth-order valence-corrected chi connectivity index (χ4v) is 4.20. The number of piperazine rings is 1. The Balaban J connectivity index is 1.58. The molecule has 0 radical (unpaired) electrons. The molecule has 1 heterocycles. The maximum absolute atomic E-state index is 13.0. The molecule has 1 aromatic rings. The second kappa shape index (κ2) is 8.08. The van der Waals surface area contributed by atoms with Gasteiger partial charge in [0.1, 0.15) is 5.82 Å². The average molecular weight is 333 g/mol. The smallest absolute Gasteiger partial charge is 0.234 e. The van der Waals surface area contributed by atoms with Gasteiger partial charge in [0, 0.05) is 25.2 Å². The predicted octanol–water partition coefficient (Wildman–Crippen LogP) is 1.95. The van der Waals surface area contributed by atoms with Crippen LogP contribution >= 0.6 is 0 Å². The number of nitrogens with one attached hydrogen (secondary N) is 2. The van der Waals surface area contributed by atoms with Gasteiger partial charge in [-0.1, -0.05) is 25.0 Å². The minimum Gasteiger partial charge on any atom is -0.351 e. The first-order valence-electron chi connectivity index (χ1n) is 9.07. The van der Waals surface area contributed by atoms with Gasteiger partial charge >= 0.3 is 0 Å². The number of rotatable bonds is 5. The molecule has 1 aromatic carbocycles. The Labute approximate surface area is 143 Å². The van der Waals surface area contributed by atoms with Crippen LogP contribution in [-0.2, 0) is 11.2 Å². The molecule has 2 aliphatic rings. The molecule has 1 aliphatic heterocycles. The number of benzene rings is 1. The standard InChI is InChI=1S/C19H28FN3O/c1-21-18-5-3-2-4-15(18)11-23-12-17(22-19(24)13-23)10-14-6-8-16(20)9-7-14/h6-9,15,17-18,21H,2-5,10-13H2,1H3,(H,22,24)/t15-,17-,18+/m0/s1. The summed E-state index contributed by atoms with van der Waals surface area (Å²) >= 11 is 0. The zero-order chi connectivity index (χ0) is 16.9. The molecule has 0 spiro atoms. The van der Waals surface area contributed by atoms with Crippen LogP contribution in [0.2, 0.25) is 0 Å². The van der Waals surface area contributed by atoms with Crippen LogP contribution in [-0.4, -0.2) is 49.6 Å². The predicted molar refractivity (Wildman–Crippen MR) is 93.3 cm³/mol. The molecule has 4 nitrogen and oxygen atoms in total. The topological polar surface area (TPSA) is 44.4 Å². The normalized spacial score (nSPS) is 28.6. The third-order valence-electron chi connectivity index (χ3n) is 5.38. The fourth-order valence-electron chi connectivity index (χ4n) is 4.20. The van der Waals surface area contributed by atoms with Crippen LogP contribution in [0.25, 0.3) is 0 Å². The minimum absolute atomic E-state index is 0.102. The van der Waals surface area contributed by atoms with Gasteiger partial charge in [0.05, 0.1) is 6.54 Å². The van der Waals surface area contributed by atoms with E-state index in [1.165, 1.54) is 37.8 Å². The molecular formula is C19H28FN3O. The van der Waals surface area contributed by atoms with E-state index in [1.54, 1.807) is 12.1 Å². The fraction of sp³-hybridized carbons (Fsp3) is 0.632. The van der Waals surface area contributed by atoms with Crippen molar-refractivity contribution in [1.29, 1.82) is 0 Å². The lowest BCUT2D eigenvalue weighted by molar-refractivity contribution is -0.125. The molecule has 24 heavy (non-hydrogen) atoms. The Bertz CT molecular complexity index is 548. The molecule has 132 valence electrons. The largest absolute Gasteiger partial charge is 0.351 e. The molecule has 1 saturated carbocycles. The molecule has 1 aliphatic carbocycles. The molecule has 2 N–H and O–H groups in total. The Morgan fingerprint density at radius 2 is 2.00 bits per heavy atom. The SMILES string of the molecule is CN[C@@H]1CCCC[C@H]1CN1CC(=O)N[C@@H](Cc2ccc(F)cc2)C1. The van der Waals surface area contributed by atoms with E-state index in [0.29, 0.717) is 18.5 Å². The van der Waals surface area contributed by atoms with Crippen molar-refractivity contribution >= 4 is 5.91 Å². The highest BCUT2D eigenvalue weighted by Crippen LogP contribution is 2.25. The molecule has 0 aromatic heterocycles. The number of hydrogen-bond acceptors (Lipinski definition) is 3. The first-order chi connectivity index (χ1) is 11.6. The van der Waals surface area contributed by atoms with Crippen LogP contribution < -0.4 is 10.6 Å². The van der Waals surface area contributed by atoms with Crippen molar-refractivity contribution in [3.8, 4) is 0 Å². The van der Waals surface area contributed by atoms with Crippen LogP contribution in [0.3, 0.4) is 0 Å². The van der Waals surface area contributed by atoms with Gasteiger partial charge in [0.2, 0.25) is 5.91 Å². The van der Waals surface area contributed by atoms with Gasteiger partial charge < -0.3 is 10.6 Å². The number of carbonyl (C=O) groups excluding carboxylic acids is 1. The van der Waals surface area contributed by atoms with Crippen molar-refractivity contribution in [3.05, 3.63) is 35.6 Å². The highest BCUT2D eigenvalue weighted by atomic mass is 19.1. The summed E-state index contributed by atoms with van der Waals surface area (Å²) in [5.41, 5.74) is 1.06. The summed E-state index contributed by atoms with van der Waals surface area (Å²) in [6.45, 7) is 2.35. The average Bonchev–Trinajstić information content (AvgIpc) is 2.57. The quantitative estimate of drug-likeness (QED) is 0.866. The Hall–Kier alpha value is -1.46. The number of hydrogen-bond donors (Lipinski definition) is 2. The summed E-state index contributed by atoms with van der Waals surface area (Å²) in [5, 5.41) is 6.53. The summed E-state index contributed by atoms with van der Waals surface area (Å²) in [4.78, 5) is 14.4. The molecule has 5 heteroatoms. The number of amides is 1. The summed E-state index contributed by atoms with van der Waals surface area (Å²) in [6, 6.07) is 7.25. The zero-order valence-electron chi connectivity index (χ0n) is 14.4. The molecule has 3 atom stereocenters. The van der Waals surface area contributed by atoms with Gasteiger partial charge in [-0.15, -0.1) is 0 Å². The van der Waals surface area contributed by atoms with Gasteiger partial charge in [-0.05, 0) is 49.9 Å². The second-order valence-electron chi connectivity index (χ2n) is 7.23. The molecule has 2 fully saturated rings. The first-order valence-corrected chi connectivity index (χ1v) is 9.07. The van der Waals surface area contributed by atoms with Crippen molar-refractivity contribution in [2.24, 2.45) is 5.92 Å². The highest BCUT2D eigenvalue weighted by Gasteiger charge is 2.30. The van der Waals surface area contributed by atoms with Gasteiger partial charge in [-0.25, -0.2) is 4.39 Å². The van der Waals surface area contributed by atoms with Crippen LogP contribution in [0.4, 0.5) is 4.39 Å². The van der Waals surface area contributed by atoms with Crippen molar-refractivity contribution < 1.29 is 9.18 Å². The van der Waals surface area contributed by atoms with Crippen molar-refractivity contribution in [3.63, 3.8) is 0 Å². The van der Waals surface area contributed by atoms with E-state index in [0.717, 1.165) is 25.1 Å². The van der Waals surface area contributed by atoms with E-state index in [-0.39, 0.29) is 17.8 Å². The lowest BCUT2D eigenvalue weighted by Crippen LogP contribution is -2.56. The van der Waals surface area contributed by atoms with Crippen LogP contribution in [0, 0.1) is 11.7 Å². The summed E-state index contributed by atoms with van der Waals surface area (Å²) in [7, 11) is 2.04. The van der Waals surface area contributed by atoms with Gasteiger partial charge in [-0.2, -0.15) is 0 Å². The third kappa shape index (κ3) is 4.54. The van der Waals surface area contributed by atoms with E-state index in [4.69, 9.17) is 0 Å². The maximum atomic E-state index is 13.0. The molecule has 3 rings (SSSR count). The van der Waals surface area contributed by atoms with Crippen molar-refractivity contribution in [1.82, 2.24) is 15.5 Å². The van der Waals surface area contributed by atoms with E-state index < -0.39 is 0 Å². The highest BCUT2D eigenvalue weighted by molar-refractivity contribution is 5.79. The molecule has 1 saturated heterocycles. The van der Waals surface area contributed by atoms with Gasteiger partial charge in [0.25, 0.3) is 0 Å². The molecule has 0 bridgehead atoms. The summed E-state index contributed by atoms with van der Waals surface area (Å²) in [5.74, 6) is 0.509. The second-order valence-corrected chi connectivity index (χ2v) is 7.23. The lowest BCUT2D eigenvalue weighted by atomic mass is 9.84. The Morgan fingerprint density at radius 3 is 2.75 bits per heavy atom. The van der Waals surface area contributed by atoms with Crippen LogP contribution in [0.5, 0.6) is 0 Å². The summed E-state index contributed by atoms with van der Waals surface area (Å²) in [6.07, 6.45) is 5.83. The van der Waals surface area contributed by atoms with E-state index in [2.05, 4.69) is 15.5 Å². The molecule has 1 amide bonds. The van der Waals surface area contributed by atoms with E-state index >= 15 is 0 Å². The minimum atomic E-state index is -0.219. The monoisotopic (exact) mass is 333 g/mol. The zero-order valence-corrected chi connectivity index (χ0v) is 14.4. The number of nitrogens with zero attached hydrogens (tertiary/aromatic N) is 1. The van der Waals surface area contributed by atoms with Gasteiger partial charge in [-0.3, -0.25) is 9.69 Å². The molecular weight excluding hydrogens is 305 g/mol. The van der Waals surface area contributed by atoms with Crippen LogP contribution in [0.15, 0.2) is 24.3 Å². The first kappa shape index (κ1) is 17.4. The molecule has 0 unspecified atom stereocenters. The van der Waals surface area contributed by atoms with E-state index in [9.17, 15) is 9.18 Å². The Morgan fingerprint density at radius 1 is 1.25 bits per heavy atom.